The van der Waals surface area contributed by atoms with Gasteiger partial charge in [0.2, 0.25) is 5.91 Å². The Morgan fingerprint density at radius 3 is 2.52 bits per heavy atom. The summed E-state index contributed by atoms with van der Waals surface area (Å²) in [6.07, 6.45) is 4.38. The van der Waals surface area contributed by atoms with Crippen LogP contribution in [0.15, 0.2) is 24.3 Å². The number of rotatable bonds is 3. The van der Waals surface area contributed by atoms with Crippen LogP contribution in [-0.4, -0.2) is 65.2 Å². The number of β-amino-alcohol motifs (C(OH)–C–C–N with tert-alkyl or cyclic N) is 1. The normalized spacial score (nSPS) is 30.6. The third-order valence-electron chi connectivity index (χ3n) is 6.19. The molecule has 6 nitrogen and oxygen atoms in total. The monoisotopic (exact) mass is 376 g/mol. The lowest BCUT2D eigenvalue weighted by molar-refractivity contribution is -0.135. The van der Waals surface area contributed by atoms with Crippen molar-refractivity contribution in [1.82, 2.24) is 20.7 Å². The number of hydrogen-bond acceptors (Lipinski definition) is 5. The summed E-state index contributed by atoms with van der Waals surface area (Å²) in [5.74, 6) is -0.106. The molecule has 0 aliphatic carbocycles. The Bertz CT molecular complexity index is 648. The second kappa shape index (κ2) is 8.22. The van der Waals surface area contributed by atoms with Gasteiger partial charge >= 0.3 is 0 Å². The maximum absolute atomic E-state index is 13.1. The summed E-state index contributed by atoms with van der Waals surface area (Å²) in [6, 6.07) is 6.69. The number of carbonyl (C=O) groups excluding carboxylic acids is 1. The SMILES string of the molecule is O=C(C1CC(c2ccc(F)cc2)NN1)N1CCC(N2CCCC(O)C2)CC1. The highest BCUT2D eigenvalue weighted by atomic mass is 19.1. The van der Waals surface area contributed by atoms with E-state index in [1.54, 1.807) is 12.1 Å². The molecule has 3 aliphatic heterocycles. The van der Waals surface area contributed by atoms with Gasteiger partial charge in [0.25, 0.3) is 0 Å². The van der Waals surface area contributed by atoms with Gasteiger partial charge in [0.1, 0.15) is 11.9 Å². The number of nitrogens with one attached hydrogen (secondary N) is 2. The summed E-state index contributed by atoms with van der Waals surface area (Å²) in [5, 5.41) is 9.89. The Kier molecular flexibility index (Phi) is 5.73. The minimum absolute atomic E-state index is 0.0203. The van der Waals surface area contributed by atoms with E-state index >= 15 is 0 Å². The zero-order valence-electron chi connectivity index (χ0n) is 15.6. The molecule has 4 rings (SSSR count). The highest BCUT2D eigenvalue weighted by molar-refractivity contribution is 5.82. The fraction of sp³-hybridized carbons (Fsp3) is 0.650. The summed E-state index contributed by atoms with van der Waals surface area (Å²) < 4.78 is 13.1. The number of hydrazine groups is 1. The van der Waals surface area contributed by atoms with E-state index < -0.39 is 0 Å². The van der Waals surface area contributed by atoms with E-state index in [2.05, 4.69) is 15.8 Å². The van der Waals surface area contributed by atoms with Gasteiger partial charge in [-0.3, -0.25) is 9.69 Å². The van der Waals surface area contributed by atoms with Crippen molar-refractivity contribution in [2.75, 3.05) is 26.2 Å². The number of benzene rings is 1. The zero-order valence-corrected chi connectivity index (χ0v) is 15.6. The van der Waals surface area contributed by atoms with Crippen molar-refractivity contribution in [3.05, 3.63) is 35.6 Å². The largest absolute Gasteiger partial charge is 0.392 e. The Morgan fingerprint density at radius 1 is 1.07 bits per heavy atom. The Labute approximate surface area is 159 Å². The van der Waals surface area contributed by atoms with Crippen LogP contribution in [0.4, 0.5) is 4.39 Å². The predicted octanol–water partition coefficient (Wildman–Crippen LogP) is 1.18. The Balaban J connectivity index is 1.27. The van der Waals surface area contributed by atoms with E-state index in [9.17, 15) is 14.3 Å². The number of aliphatic hydroxyl groups is 1. The average molecular weight is 376 g/mol. The molecule has 0 saturated carbocycles. The molecule has 1 amide bonds. The zero-order chi connectivity index (χ0) is 18.8. The van der Waals surface area contributed by atoms with Crippen molar-refractivity contribution in [3.63, 3.8) is 0 Å². The van der Waals surface area contributed by atoms with Crippen molar-refractivity contribution in [3.8, 4) is 0 Å². The fourth-order valence-corrected chi connectivity index (χ4v) is 4.62. The number of amides is 1. The van der Waals surface area contributed by atoms with Gasteiger partial charge in [0.15, 0.2) is 0 Å². The molecule has 1 aromatic carbocycles. The summed E-state index contributed by atoms with van der Waals surface area (Å²) in [6.45, 7) is 3.38. The molecule has 7 heteroatoms. The molecule has 3 aliphatic rings. The first-order valence-electron chi connectivity index (χ1n) is 10.1. The minimum atomic E-state index is -0.249. The third kappa shape index (κ3) is 4.32. The summed E-state index contributed by atoms with van der Waals surface area (Å²) >= 11 is 0. The number of carbonyl (C=O) groups is 1. The molecule has 3 unspecified atom stereocenters. The molecule has 0 aromatic heterocycles. The number of hydrogen-bond donors (Lipinski definition) is 3. The molecule has 0 spiro atoms. The van der Waals surface area contributed by atoms with Crippen molar-refractivity contribution in [2.45, 2.75) is 56.3 Å². The quantitative estimate of drug-likeness (QED) is 0.739. The second-order valence-corrected chi connectivity index (χ2v) is 8.03. The highest BCUT2D eigenvalue weighted by Crippen LogP contribution is 2.25. The van der Waals surface area contributed by atoms with E-state index in [1.165, 1.54) is 12.1 Å². The van der Waals surface area contributed by atoms with Crippen molar-refractivity contribution in [1.29, 1.82) is 0 Å². The maximum Gasteiger partial charge on any atom is 0.241 e. The number of nitrogens with zero attached hydrogens (tertiary/aromatic N) is 2. The van der Waals surface area contributed by atoms with Gasteiger partial charge in [-0.15, -0.1) is 0 Å². The second-order valence-electron chi connectivity index (χ2n) is 8.03. The smallest absolute Gasteiger partial charge is 0.241 e. The van der Waals surface area contributed by atoms with Crippen molar-refractivity contribution in [2.24, 2.45) is 0 Å². The van der Waals surface area contributed by atoms with Crippen LogP contribution in [0.3, 0.4) is 0 Å². The topological polar surface area (TPSA) is 67.8 Å². The van der Waals surface area contributed by atoms with Gasteiger partial charge in [-0.1, -0.05) is 12.1 Å². The molecular formula is C20H29FN4O2. The first kappa shape index (κ1) is 18.8. The fourth-order valence-electron chi connectivity index (χ4n) is 4.62. The molecule has 0 radical (unpaired) electrons. The molecule has 0 bridgehead atoms. The van der Waals surface area contributed by atoms with Crippen LogP contribution in [0.25, 0.3) is 0 Å². The number of likely N-dealkylation sites (tertiary alicyclic amines) is 2. The van der Waals surface area contributed by atoms with E-state index in [1.807, 2.05) is 4.90 Å². The molecule has 1 aromatic rings. The minimum Gasteiger partial charge on any atom is -0.392 e. The lowest BCUT2D eigenvalue weighted by atomic mass is 9.97. The van der Waals surface area contributed by atoms with Gasteiger partial charge in [-0.25, -0.2) is 15.2 Å². The van der Waals surface area contributed by atoms with Gasteiger partial charge in [0.05, 0.1) is 6.10 Å². The van der Waals surface area contributed by atoms with Crippen LogP contribution >= 0.6 is 0 Å². The lowest BCUT2D eigenvalue weighted by Crippen LogP contribution is -2.53. The van der Waals surface area contributed by atoms with Gasteiger partial charge < -0.3 is 10.0 Å². The van der Waals surface area contributed by atoms with Crippen LogP contribution in [-0.2, 0) is 4.79 Å². The highest BCUT2D eigenvalue weighted by Gasteiger charge is 2.35. The number of halogens is 1. The summed E-state index contributed by atoms with van der Waals surface area (Å²) in [7, 11) is 0. The van der Waals surface area contributed by atoms with E-state index in [4.69, 9.17) is 0 Å². The molecule has 3 fully saturated rings. The third-order valence-corrected chi connectivity index (χ3v) is 6.19. The van der Waals surface area contributed by atoms with E-state index in [0.29, 0.717) is 12.5 Å². The summed E-state index contributed by atoms with van der Waals surface area (Å²) in [5.41, 5.74) is 7.28. The Morgan fingerprint density at radius 2 is 1.81 bits per heavy atom. The maximum atomic E-state index is 13.1. The van der Waals surface area contributed by atoms with Gasteiger partial charge in [-0.05, 0) is 56.3 Å². The lowest BCUT2D eigenvalue weighted by Gasteiger charge is -2.41. The average Bonchev–Trinajstić information content (AvgIpc) is 3.18. The van der Waals surface area contributed by atoms with Crippen LogP contribution in [0, 0.1) is 5.82 Å². The van der Waals surface area contributed by atoms with E-state index in [-0.39, 0.29) is 29.9 Å². The molecule has 3 atom stereocenters. The van der Waals surface area contributed by atoms with Crippen LogP contribution in [0.5, 0.6) is 0 Å². The molecule has 3 saturated heterocycles. The van der Waals surface area contributed by atoms with Gasteiger partial charge in [0, 0.05) is 31.7 Å². The first-order chi connectivity index (χ1) is 13.1. The molecule has 148 valence electrons. The summed E-state index contributed by atoms with van der Waals surface area (Å²) in [4.78, 5) is 17.2. The molecule has 3 N–H and O–H groups in total. The van der Waals surface area contributed by atoms with Gasteiger partial charge in [-0.2, -0.15) is 0 Å². The van der Waals surface area contributed by atoms with Crippen molar-refractivity contribution >= 4 is 5.91 Å². The van der Waals surface area contributed by atoms with Crippen LogP contribution in [0.2, 0.25) is 0 Å². The number of piperidine rings is 2. The van der Waals surface area contributed by atoms with Crippen molar-refractivity contribution < 1.29 is 14.3 Å². The molecular weight excluding hydrogens is 347 g/mol. The van der Waals surface area contributed by atoms with Crippen LogP contribution in [0.1, 0.15) is 43.7 Å². The standard InChI is InChI=1S/C20H29FN4O2/c21-15-5-3-14(4-6-15)18-12-19(23-22-18)20(27)24-10-7-16(8-11-24)25-9-1-2-17(26)13-25/h3-6,16-19,22-23,26H,1-2,7-13H2. The Hall–Kier alpha value is -1.54. The molecule has 3 heterocycles. The molecule has 27 heavy (non-hydrogen) atoms. The van der Waals surface area contributed by atoms with E-state index in [0.717, 1.165) is 57.4 Å². The number of aliphatic hydroxyl groups excluding tert-OH is 1. The predicted molar refractivity (Wildman–Crippen MR) is 100 cm³/mol. The van der Waals surface area contributed by atoms with Crippen LogP contribution < -0.4 is 10.9 Å². The first-order valence-corrected chi connectivity index (χ1v) is 10.1.